The molecule has 0 heterocycles. The predicted octanol–water partition coefficient (Wildman–Crippen LogP) is 4.03. The fourth-order valence-electron chi connectivity index (χ4n) is 3.56. The van der Waals surface area contributed by atoms with Crippen molar-refractivity contribution in [1.82, 2.24) is 0 Å². The smallest absolute Gasteiger partial charge is 0.157 e. The molecule has 3 unspecified atom stereocenters. The maximum atomic E-state index is 12.5. The van der Waals surface area contributed by atoms with Crippen molar-refractivity contribution >= 4 is 5.78 Å². The molecule has 2 heteroatoms. The zero-order chi connectivity index (χ0) is 14.3. The van der Waals surface area contributed by atoms with E-state index in [0.717, 1.165) is 30.2 Å². The molecular weight excluding hydrogens is 246 g/mol. The summed E-state index contributed by atoms with van der Waals surface area (Å²) in [4.78, 5) is 12.5. The number of ketones is 1. The summed E-state index contributed by atoms with van der Waals surface area (Å²) in [6, 6.07) is 10.2. The Morgan fingerprint density at radius 2 is 1.65 bits per heavy atom. The predicted molar refractivity (Wildman–Crippen MR) is 78.2 cm³/mol. The molecule has 2 aliphatic rings. The van der Waals surface area contributed by atoms with Gasteiger partial charge in [-0.15, -0.1) is 0 Å². The van der Waals surface area contributed by atoms with Crippen LogP contribution in [0.15, 0.2) is 24.3 Å². The Hall–Kier alpha value is -1.62. The van der Waals surface area contributed by atoms with Gasteiger partial charge in [0.2, 0.25) is 0 Å². The molecule has 2 saturated carbocycles. The number of nitrogens with zero attached hydrogens (tertiary/aromatic N) is 1. The fourth-order valence-corrected chi connectivity index (χ4v) is 3.56. The van der Waals surface area contributed by atoms with Gasteiger partial charge in [0.1, 0.15) is 5.92 Å². The highest BCUT2D eigenvalue weighted by molar-refractivity contribution is 5.90. The second kappa shape index (κ2) is 5.05. The second-order valence-corrected chi connectivity index (χ2v) is 6.71. The van der Waals surface area contributed by atoms with Crippen LogP contribution in [0.5, 0.6) is 0 Å². The van der Waals surface area contributed by atoms with E-state index in [1.807, 2.05) is 24.3 Å². The van der Waals surface area contributed by atoms with Crippen molar-refractivity contribution in [3.63, 3.8) is 0 Å². The standard InChI is InChI=1S/C18H21NO/c1-11(2)12-3-5-13(6-4-12)17(10-19)18(20)16-8-14-7-15(14)9-16/h3-6,11,14-17H,7-9H2,1-2H3. The molecule has 3 rings (SSSR count). The van der Waals surface area contributed by atoms with Crippen LogP contribution in [-0.4, -0.2) is 5.78 Å². The highest BCUT2D eigenvalue weighted by atomic mass is 16.1. The Labute approximate surface area is 120 Å². The molecule has 0 radical (unpaired) electrons. The van der Waals surface area contributed by atoms with Gasteiger partial charge in [0.25, 0.3) is 0 Å². The van der Waals surface area contributed by atoms with Gasteiger partial charge in [-0.2, -0.15) is 5.26 Å². The van der Waals surface area contributed by atoms with Crippen LogP contribution >= 0.6 is 0 Å². The molecule has 0 N–H and O–H groups in total. The van der Waals surface area contributed by atoms with Gasteiger partial charge in [-0.05, 0) is 48.1 Å². The average molecular weight is 267 g/mol. The summed E-state index contributed by atoms with van der Waals surface area (Å²) in [5.74, 6) is 1.75. The topological polar surface area (TPSA) is 40.9 Å². The maximum absolute atomic E-state index is 12.5. The molecule has 3 atom stereocenters. The van der Waals surface area contributed by atoms with E-state index >= 15 is 0 Å². The average Bonchev–Trinajstić information content (AvgIpc) is 3.06. The van der Waals surface area contributed by atoms with Crippen molar-refractivity contribution in [3.05, 3.63) is 35.4 Å². The van der Waals surface area contributed by atoms with Crippen LogP contribution in [0.4, 0.5) is 0 Å². The van der Waals surface area contributed by atoms with Crippen molar-refractivity contribution in [2.75, 3.05) is 0 Å². The first-order chi connectivity index (χ1) is 9.60. The van der Waals surface area contributed by atoms with E-state index in [0.29, 0.717) is 5.92 Å². The van der Waals surface area contributed by atoms with E-state index in [-0.39, 0.29) is 11.7 Å². The minimum absolute atomic E-state index is 0.133. The highest BCUT2D eigenvalue weighted by Gasteiger charge is 2.49. The molecule has 0 bridgehead atoms. The summed E-state index contributed by atoms with van der Waals surface area (Å²) in [6.07, 6.45) is 3.35. The van der Waals surface area contributed by atoms with Crippen molar-refractivity contribution in [3.8, 4) is 6.07 Å². The summed E-state index contributed by atoms with van der Waals surface area (Å²) >= 11 is 0. The van der Waals surface area contributed by atoms with E-state index in [1.165, 1.54) is 12.0 Å². The Morgan fingerprint density at radius 3 is 2.15 bits per heavy atom. The second-order valence-electron chi connectivity index (χ2n) is 6.71. The maximum Gasteiger partial charge on any atom is 0.157 e. The lowest BCUT2D eigenvalue weighted by Crippen LogP contribution is -2.20. The summed E-state index contributed by atoms with van der Waals surface area (Å²) in [5, 5.41) is 9.39. The molecule has 0 saturated heterocycles. The lowest BCUT2D eigenvalue weighted by Gasteiger charge is -2.16. The van der Waals surface area contributed by atoms with Gasteiger partial charge in [-0.25, -0.2) is 0 Å². The van der Waals surface area contributed by atoms with Crippen molar-refractivity contribution in [2.24, 2.45) is 17.8 Å². The van der Waals surface area contributed by atoms with E-state index in [2.05, 4.69) is 19.9 Å². The Balaban J connectivity index is 1.75. The van der Waals surface area contributed by atoms with Gasteiger partial charge in [-0.3, -0.25) is 4.79 Å². The number of Topliss-reactive ketones (excluding diaryl/α,β-unsaturated/α-hetero) is 1. The quantitative estimate of drug-likeness (QED) is 0.826. The minimum Gasteiger partial charge on any atom is -0.298 e. The highest BCUT2D eigenvalue weighted by Crippen LogP contribution is 2.55. The molecule has 0 spiro atoms. The first-order valence-electron chi connectivity index (χ1n) is 7.63. The fraction of sp³-hybridized carbons (Fsp3) is 0.556. The summed E-state index contributed by atoms with van der Waals surface area (Å²) in [6.45, 7) is 4.29. The number of nitriles is 1. The van der Waals surface area contributed by atoms with Crippen molar-refractivity contribution in [1.29, 1.82) is 5.26 Å². The third kappa shape index (κ3) is 2.38. The first-order valence-corrected chi connectivity index (χ1v) is 7.63. The van der Waals surface area contributed by atoms with E-state index < -0.39 is 5.92 Å². The van der Waals surface area contributed by atoms with Gasteiger partial charge in [0.05, 0.1) is 6.07 Å². The summed E-state index contributed by atoms with van der Waals surface area (Å²) < 4.78 is 0. The lowest BCUT2D eigenvalue weighted by atomic mass is 9.85. The van der Waals surface area contributed by atoms with Gasteiger partial charge < -0.3 is 0 Å². The molecule has 20 heavy (non-hydrogen) atoms. The zero-order valence-electron chi connectivity index (χ0n) is 12.2. The first kappa shape index (κ1) is 13.4. The Morgan fingerprint density at radius 1 is 1.10 bits per heavy atom. The summed E-state index contributed by atoms with van der Waals surface area (Å²) in [5.41, 5.74) is 2.11. The van der Waals surface area contributed by atoms with Crippen molar-refractivity contribution < 1.29 is 4.79 Å². The largest absolute Gasteiger partial charge is 0.298 e. The van der Waals surface area contributed by atoms with Crippen LogP contribution in [0, 0.1) is 29.1 Å². The molecule has 2 nitrogen and oxygen atoms in total. The van der Waals surface area contributed by atoms with Crippen LogP contribution < -0.4 is 0 Å². The van der Waals surface area contributed by atoms with Gasteiger partial charge in [0, 0.05) is 5.92 Å². The van der Waals surface area contributed by atoms with Crippen LogP contribution in [-0.2, 0) is 4.79 Å². The number of fused-ring (bicyclic) bond motifs is 1. The third-order valence-electron chi connectivity index (χ3n) is 5.00. The zero-order valence-corrected chi connectivity index (χ0v) is 12.2. The molecule has 0 aliphatic heterocycles. The molecule has 0 amide bonds. The lowest BCUT2D eigenvalue weighted by molar-refractivity contribution is -0.123. The van der Waals surface area contributed by atoms with E-state index in [4.69, 9.17) is 0 Å². The number of hydrogen-bond acceptors (Lipinski definition) is 2. The normalized spacial score (nSPS) is 28.8. The molecule has 1 aromatic rings. The van der Waals surface area contributed by atoms with Gasteiger partial charge >= 0.3 is 0 Å². The number of carbonyl (C=O) groups excluding carboxylic acids is 1. The monoisotopic (exact) mass is 267 g/mol. The molecule has 2 fully saturated rings. The Kier molecular flexibility index (Phi) is 3.38. The minimum atomic E-state index is -0.571. The molecule has 0 aromatic heterocycles. The molecule has 104 valence electrons. The van der Waals surface area contributed by atoms with Gasteiger partial charge in [-0.1, -0.05) is 38.1 Å². The van der Waals surface area contributed by atoms with Crippen LogP contribution in [0.1, 0.15) is 56.1 Å². The molecule has 1 aromatic carbocycles. The molecule has 2 aliphatic carbocycles. The van der Waals surface area contributed by atoms with E-state index in [1.54, 1.807) is 0 Å². The van der Waals surface area contributed by atoms with Crippen molar-refractivity contribution in [2.45, 2.75) is 44.9 Å². The van der Waals surface area contributed by atoms with E-state index in [9.17, 15) is 10.1 Å². The van der Waals surface area contributed by atoms with Gasteiger partial charge in [0.15, 0.2) is 5.78 Å². The summed E-state index contributed by atoms with van der Waals surface area (Å²) in [7, 11) is 0. The number of rotatable bonds is 4. The molecular formula is C18H21NO. The number of carbonyl (C=O) groups is 1. The number of hydrogen-bond donors (Lipinski definition) is 0. The Bertz CT molecular complexity index is 542. The number of benzene rings is 1. The van der Waals surface area contributed by atoms with Crippen LogP contribution in [0.3, 0.4) is 0 Å². The SMILES string of the molecule is CC(C)c1ccc(C(C#N)C(=O)C2CC3CC3C2)cc1. The van der Waals surface area contributed by atoms with Crippen LogP contribution in [0.25, 0.3) is 0 Å². The third-order valence-corrected chi connectivity index (χ3v) is 5.00. The van der Waals surface area contributed by atoms with Crippen LogP contribution in [0.2, 0.25) is 0 Å².